The van der Waals surface area contributed by atoms with Crippen molar-refractivity contribution >= 4 is 11.4 Å². The molecular formula is C27H44N2. The Hall–Kier alpha value is -1.44. The fraction of sp³-hybridized carbons (Fsp3) is 0.704. The Kier molecular flexibility index (Phi) is 8.51. The topological polar surface area (TPSA) is 52.0 Å². The van der Waals surface area contributed by atoms with Gasteiger partial charge in [-0.25, -0.2) is 0 Å². The standard InChI is InChI=1S/C27H44N2/c1-3-5-20-7-9-21(10-8-20)11-12-22-13-15-23(16-14-22)27(6-4-2)24-17-25(28)19-26(29)18-24/h11-12,17-23,27H,3-10,13-16,28-29H2,1-2H3/b12-11+. The van der Waals surface area contributed by atoms with Crippen molar-refractivity contribution in [2.75, 3.05) is 11.5 Å². The van der Waals surface area contributed by atoms with E-state index in [1.165, 1.54) is 82.6 Å². The van der Waals surface area contributed by atoms with Gasteiger partial charge in [0, 0.05) is 11.4 Å². The van der Waals surface area contributed by atoms with Gasteiger partial charge in [0.05, 0.1) is 0 Å². The summed E-state index contributed by atoms with van der Waals surface area (Å²) in [6.45, 7) is 4.63. The van der Waals surface area contributed by atoms with Crippen molar-refractivity contribution in [2.24, 2.45) is 23.7 Å². The Labute approximate surface area is 179 Å². The SMILES string of the molecule is CCCC1CCC(/C=C/C2CCC(C(CCC)c3cc(N)cc(N)c3)CC2)CC1. The van der Waals surface area contributed by atoms with E-state index < -0.39 is 0 Å². The zero-order valence-electron chi connectivity index (χ0n) is 18.9. The van der Waals surface area contributed by atoms with Crippen molar-refractivity contribution < 1.29 is 0 Å². The molecule has 2 aliphatic carbocycles. The smallest absolute Gasteiger partial charge is 0.0337 e. The molecule has 0 aromatic heterocycles. The van der Waals surface area contributed by atoms with Crippen LogP contribution in [0.15, 0.2) is 30.4 Å². The van der Waals surface area contributed by atoms with Crippen LogP contribution < -0.4 is 11.5 Å². The molecule has 1 atom stereocenters. The Morgan fingerprint density at radius 3 is 1.86 bits per heavy atom. The first-order valence-electron chi connectivity index (χ1n) is 12.4. The normalized spacial score (nSPS) is 29.2. The van der Waals surface area contributed by atoms with Gasteiger partial charge in [0.2, 0.25) is 0 Å². The average molecular weight is 397 g/mol. The monoisotopic (exact) mass is 396 g/mol. The highest BCUT2D eigenvalue weighted by molar-refractivity contribution is 5.55. The maximum atomic E-state index is 6.09. The lowest BCUT2D eigenvalue weighted by molar-refractivity contribution is 0.258. The second-order valence-corrected chi connectivity index (χ2v) is 9.96. The zero-order valence-corrected chi connectivity index (χ0v) is 18.9. The third-order valence-electron chi connectivity index (χ3n) is 7.66. The molecule has 2 aliphatic rings. The molecule has 29 heavy (non-hydrogen) atoms. The number of nitrogen functional groups attached to an aromatic ring is 2. The van der Waals surface area contributed by atoms with Crippen LogP contribution in [0.5, 0.6) is 0 Å². The van der Waals surface area contributed by atoms with E-state index in [9.17, 15) is 0 Å². The third kappa shape index (κ3) is 6.52. The van der Waals surface area contributed by atoms with E-state index in [1.54, 1.807) is 0 Å². The number of benzene rings is 1. The molecule has 1 unspecified atom stereocenters. The highest BCUT2D eigenvalue weighted by Gasteiger charge is 2.28. The van der Waals surface area contributed by atoms with Crippen LogP contribution in [-0.2, 0) is 0 Å². The number of anilines is 2. The summed E-state index contributed by atoms with van der Waals surface area (Å²) in [5, 5.41) is 0. The summed E-state index contributed by atoms with van der Waals surface area (Å²) in [7, 11) is 0. The van der Waals surface area contributed by atoms with Crippen molar-refractivity contribution in [3.63, 3.8) is 0 Å². The van der Waals surface area contributed by atoms with E-state index in [2.05, 4.69) is 38.1 Å². The van der Waals surface area contributed by atoms with Crippen LogP contribution in [-0.4, -0.2) is 0 Å². The van der Waals surface area contributed by atoms with Crippen molar-refractivity contribution in [1.82, 2.24) is 0 Å². The molecule has 0 spiro atoms. The lowest BCUT2D eigenvalue weighted by atomic mass is 9.71. The van der Waals surface area contributed by atoms with E-state index in [4.69, 9.17) is 11.5 Å². The first-order chi connectivity index (χ1) is 14.1. The Bertz CT molecular complexity index is 614. The van der Waals surface area contributed by atoms with Crippen LogP contribution in [0, 0.1) is 23.7 Å². The lowest BCUT2D eigenvalue weighted by Gasteiger charge is -2.34. The average Bonchev–Trinajstić information content (AvgIpc) is 2.71. The van der Waals surface area contributed by atoms with Crippen LogP contribution in [0.2, 0.25) is 0 Å². The van der Waals surface area contributed by atoms with E-state index in [-0.39, 0.29) is 0 Å². The lowest BCUT2D eigenvalue weighted by Crippen LogP contribution is -2.20. The Balaban J connectivity index is 1.51. The minimum Gasteiger partial charge on any atom is -0.399 e. The Morgan fingerprint density at radius 1 is 0.793 bits per heavy atom. The van der Waals surface area contributed by atoms with Crippen molar-refractivity contribution in [1.29, 1.82) is 0 Å². The van der Waals surface area contributed by atoms with Crippen LogP contribution in [0.4, 0.5) is 11.4 Å². The van der Waals surface area contributed by atoms with Crippen LogP contribution >= 0.6 is 0 Å². The molecular weight excluding hydrogens is 352 g/mol. The van der Waals surface area contributed by atoms with Crippen LogP contribution in [0.3, 0.4) is 0 Å². The maximum Gasteiger partial charge on any atom is 0.0337 e. The molecule has 2 heteroatoms. The van der Waals surface area contributed by atoms with E-state index >= 15 is 0 Å². The molecule has 1 aromatic rings. The van der Waals surface area contributed by atoms with Gasteiger partial charge in [-0.2, -0.15) is 0 Å². The molecule has 162 valence electrons. The largest absolute Gasteiger partial charge is 0.399 e. The van der Waals surface area contributed by atoms with Gasteiger partial charge < -0.3 is 11.5 Å². The number of hydrogen-bond donors (Lipinski definition) is 2. The van der Waals surface area contributed by atoms with Gasteiger partial charge in [-0.05, 0) is 111 Å². The fourth-order valence-electron chi connectivity index (χ4n) is 6.03. The maximum absolute atomic E-state index is 6.09. The summed E-state index contributed by atoms with van der Waals surface area (Å²) < 4.78 is 0. The summed E-state index contributed by atoms with van der Waals surface area (Å²) >= 11 is 0. The van der Waals surface area contributed by atoms with Gasteiger partial charge in [0.15, 0.2) is 0 Å². The van der Waals surface area contributed by atoms with Gasteiger partial charge in [-0.3, -0.25) is 0 Å². The minimum absolute atomic E-state index is 0.615. The molecule has 2 fully saturated rings. The second-order valence-electron chi connectivity index (χ2n) is 9.96. The van der Waals surface area contributed by atoms with E-state index in [1.807, 2.05) is 6.07 Å². The molecule has 4 N–H and O–H groups in total. The van der Waals surface area contributed by atoms with Crippen molar-refractivity contribution in [2.45, 2.75) is 96.8 Å². The minimum atomic E-state index is 0.615. The molecule has 0 amide bonds. The summed E-state index contributed by atoms with van der Waals surface area (Å²) in [6, 6.07) is 6.21. The summed E-state index contributed by atoms with van der Waals surface area (Å²) in [5.41, 5.74) is 15.2. The quantitative estimate of drug-likeness (QED) is 0.349. The number of rotatable bonds is 8. The van der Waals surface area contributed by atoms with Crippen LogP contribution in [0.1, 0.15) is 102 Å². The van der Waals surface area contributed by atoms with Crippen molar-refractivity contribution in [3.8, 4) is 0 Å². The molecule has 0 radical (unpaired) electrons. The predicted octanol–water partition coefficient (Wildman–Crippen LogP) is 7.70. The second kappa shape index (κ2) is 11.1. The molecule has 0 saturated heterocycles. The van der Waals surface area contributed by atoms with Gasteiger partial charge in [-0.15, -0.1) is 0 Å². The summed E-state index contributed by atoms with van der Waals surface area (Å²) in [6.07, 6.45) is 21.6. The first kappa shape index (κ1) is 22.2. The zero-order chi connectivity index (χ0) is 20.6. The predicted molar refractivity (Wildman–Crippen MR) is 128 cm³/mol. The summed E-state index contributed by atoms with van der Waals surface area (Å²) in [5.74, 6) is 4.06. The van der Waals surface area contributed by atoms with Crippen molar-refractivity contribution in [3.05, 3.63) is 35.9 Å². The van der Waals surface area contributed by atoms with Gasteiger partial charge in [0.25, 0.3) is 0 Å². The summed E-state index contributed by atoms with van der Waals surface area (Å²) in [4.78, 5) is 0. The first-order valence-corrected chi connectivity index (χ1v) is 12.4. The fourth-order valence-corrected chi connectivity index (χ4v) is 6.03. The third-order valence-corrected chi connectivity index (χ3v) is 7.66. The highest BCUT2D eigenvalue weighted by Crippen LogP contribution is 2.42. The Morgan fingerprint density at radius 2 is 1.34 bits per heavy atom. The molecule has 1 aromatic carbocycles. The highest BCUT2D eigenvalue weighted by atomic mass is 14.6. The van der Waals surface area contributed by atoms with Gasteiger partial charge in [-0.1, -0.05) is 45.3 Å². The van der Waals surface area contributed by atoms with Gasteiger partial charge in [0.1, 0.15) is 0 Å². The number of hydrogen-bond acceptors (Lipinski definition) is 2. The van der Waals surface area contributed by atoms with E-state index in [0.717, 1.165) is 35.0 Å². The van der Waals surface area contributed by atoms with Crippen LogP contribution in [0.25, 0.3) is 0 Å². The number of allylic oxidation sites excluding steroid dienone is 2. The molecule has 2 nitrogen and oxygen atoms in total. The molecule has 0 aliphatic heterocycles. The molecule has 3 rings (SSSR count). The molecule has 0 bridgehead atoms. The van der Waals surface area contributed by atoms with E-state index in [0.29, 0.717) is 5.92 Å². The number of nitrogens with two attached hydrogens (primary N) is 2. The molecule has 0 heterocycles. The van der Waals surface area contributed by atoms with Gasteiger partial charge >= 0.3 is 0 Å². The molecule has 2 saturated carbocycles.